The van der Waals surface area contributed by atoms with E-state index in [-0.39, 0.29) is 0 Å². The van der Waals surface area contributed by atoms with Crippen molar-refractivity contribution in [3.05, 3.63) is 0 Å². The number of hydrogen-bond donors (Lipinski definition) is 3. The fourth-order valence-corrected chi connectivity index (χ4v) is 1.63. The van der Waals surface area contributed by atoms with Crippen molar-refractivity contribution in [1.82, 2.24) is 10.7 Å². The van der Waals surface area contributed by atoms with Crippen LogP contribution in [0, 0.1) is 11.8 Å². The summed E-state index contributed by atoms with van der Waals surface area (Å²) >= 11 is 0. The Labute approximate surface area is 97.8 Å². The summed E-state index contributed by atoms with van der Waals surface area (Å²) in [7, 11) is 1.70. The summed E-state index contributed by atoms with van der Waals surface area (Å²) in [6.45, 7) is 4.68. The maximum atomic E-state index is 5.39. The molecule has 1 saturated carbocycles. The second kappa shape index (κ2) is 7.46. The molecule has 0 aromatic carbocycles. The third kappa shape index (κ3) is 5.32. The molecule has 5 nitrogen and oxygen atoms in total. The lowest BCUT2D eigenvalue weighted by Crippen LogP contribution is -2.42. The summed E-state index contributed by atoms with van der Waals surface area (Å²) in [6, 6.07) is 0. The molecule has 5 heteroatoms. The van der Waals surface area contributed by atoms with Gasteiger partial charge in [0, 0.05) is 26.8 Å². The Balaban J connectivity index is 2.15. The van der Waals surface area contributed by atoms with Crippen LogP contribution in [0.1, 0.15) is 26.2 Å². The van der Waals surface area contributed by atoms with E-state index in [2.05, 4.69) is 22.7 Å². The summed E-state index contributed by atoms with van der Waals surface area (Å²) in [6.07, 6.45) is 3.68. The molecule has 0 spiro atoms. The van der Waals surface area contributed by atoms with Crippen molar-refractivity contribution >= 4 is 5.96 Å². The Morgan fingerprint density at radius 2 is 2.31 bits per heavy atom. The van der Waals surface area contributed by atoms with Gasteiger partial charge >= 0.3 is 0 Å². The fourth-order valence-electron chi connectivity index (χ4n) is 1.63. The van der Waals surface area contributed by atoms with Gasteiger partial charge in [-0.2, -0.15) is 0 Å². The van der Waals surface area contributed by atoms with E-state index in [1.807, 2.05) is 0 Å². The van der Waals surface area contributed by atoms with Crippen molar-refractivity contribution in [2.75, 3.05) is 26.8 Å². The molecule has 0 amide bonds. The van der Waals surface area contributed by atoms with E-state index in [1.54, 1.807) is 7.11 Å². The molecule has 0 radical (unpaired) electrons. The third-order valence-corrected chi connectivity index (χ3v) is 2.92. The van der Waals surface area contributed by atoms with Crippen LogP contribution in [0.25, 0.3) is 0 Å². The maximum Gasteiger partial charge on any atom is 0.205 e. The fraction of sp³-hybridized carbons (Fsp3) is 0.909. The molecule has 1 rings (SSSR count). The predicted molar refractivity (Wildman–Crippen MR) is 66.0 cm³/mol. The largest absolute Gasteiger partial charge is 0.385 e. The van der Waals surface area contributed by atoms with Crippen molar-refractivity contribution in [3.63, 3.8) is 0 Å². The molecule has 4 N–H and O–H groups in total. The molecule has 0 aliphatic heterocycles. The minimum absolute atomic E-state index is 0.670. The van der Waals surface area contributed by atoms with Crippen LogP contribution in [-0.2, 0) is 4.74 Å². The van der Waals surface area contributed by atoms with E-state index in [9.17, 15) is 0 Å². The topological polar surface area (TPSA) is 71.7 Å². The molecular formula is C11H24N4O. The third-order valence-electron chi connectivity index (χ3n) is 2.92. The number of guanidine groups is 1. The van der Waals surface area contributed by atoms with Crippen LogP contribution in [0.5, 0.6) is 0 Å². The van der Waals surface area contributed by atoms with Crippen LogP contribution in [-0.4, -0.2) is 32.8 Å². The van der Waals surface area contributed by atoms with Gasteiger partial charge < -0.3 is 10.1 Å². The maximum absolute atomic E-state index is 5.39. The monoisotopic (exact) mass is 228 g/mol. The summed E-state index contributed by atoms with van der Waals surface area (Å²) in [4.78, 5) is 4.43. The van der Waals surface area contributed by atoms with E-state index in [4.69, 9.17) is 10.6 Å². The number of nitrogens with zero attached hydrogens (tertiary/aromatic N) is 1. The number of ether oxygens (including phenoxy) is 1. The van der Waals surface area contributed by atoms with Gasteiger partial charge in [-0.05, 0) is 31.1 Å². The first-order chi connectivity index (χ1) is 7.77. The van der Waals surface area contributed by atoms with E-state index < -0.39 is 0 Å². The van der Waals surface area contributed by atoms with Gasteiger partial charge in [0.2, 0.25) is 5.96 Å². The van der Waals surface area contributed by atoms with Gasteiger partial charge in [0.05, 0.1) is 0 Å². The van der Waals surface area contributed by atoms with E-state index in [0.29, 0.717) is 11.9 Å². The molecule has 0 aromatic rings. The molecular weight excluding hydrogens is 204 g/mol. The average Bonchev–Trinajstić information content (AvgIpc) is 3.11. The van der Waals surface area contributed by atoms with Crippen molar-refractivity contribution < 1.29 is 4.74 Å². The highest BCUT2D eigenvalue weighted by atomic mass is 16.5. The van der Waals surface area contributed by atoms with Crippen molar-refractivity contribution in [3.8, 4) is 0 Å². The minimum atomic E-state index is 0.670. The van der Waals surface area contributed by atoms with Crippen LogP contribution in [0.15, 0.2) is 4.99 Å². The van der Waals surface area contributed by atoms with Crippen LogP contribution < -0.4 is 16.6 Å². The van der Waals surface area contributed by atoms with E-state index in [0.717, 1.165) is 32.0 Å². The Hall–Kier alpha value is -0.810. The first kappa shape index (κ1) is 13.3. The molecule has 1 fully saturated rings. The van der Waals surface area contributed by atoms with Gasteiger partial charge in [-0.1, -0.05) is 6.92 Å². The van der Waals surface area contributed by atoms with Crippen LogP contribution >= 0.6 is 0 Å². The van der Waals surface area contributed by atoms with Gasteiger partial charge in [-0.25, -0.2) is 5.84 Å². The Morgan fingerprint density at radius 3 is 2.88 bits per heavy atom. The van der Waals surface area contributed by atoms with Crippen LogP contribution in [0.4, 0.5) is 0 Å². The molecule has 0 saturated heterocycles. The number of nitrogens with two attached hydrogens (primary N) is 1. The molecule has 0 bridgehead atoms. The summed E-state index contributed by atoms with van der Waals surface area (Å²) in [5.41, 5.74) is 2.59. The normalized spacial score (nSPS) is 18.3. The van der Waals surface area contributed by atoms with Crippen molar-refractivity contribution in [2.24, 2.45) is 22.7 Å². The summed E-state index contributed by atoms with van der Waals surface area (Å²) < 4.78 is 4.96. The van der Waals surface area contributed by atoms with Crippen LogP contribution in [0.3, 0.4) is 0 Å². The first-order valence-corrected chi connectivity index (χ1v) is 6.01. The first-order valence-electron chi connectivity index (χ1n) is 6.01. The second-order valence-electron chi connectivity index (χ2n) is 4.42. The minimum Gasteiger partial charge on any atom is -0.385 e. The molecule has 0 heterocycles. The highest BCUT2D eigenvalue weighted by molar-refractivity contribution is 5.79. The zero-order chi connectivity index (χ0) is 11.8. The lowest BCUT2D eigenvalue weighted by Gasteiger charge is -2.11. The number of hydrogen-bond acceptors (Lipinski definition) is 3. The smallest absolute Gasteiger partial charge is 0.205 e. The highest BCUT2D eigenvalue weighted by Crippen LogP contribution is 2.36. The van der Waals surface area contributed by atoms with Crippen molar-refractivity contribution in [1.29, 1.82) is 0 Å². The Kier molecular flexibility index (Phi) is 6.18. The van der Waals surface area contributed by atoms with E-state index in [1.165, 1.54) is 12.8 Å². The molecule has 94 valence electrons. The lowest BCUT2D eigenvalue weighted by molar-refractivity contribution is 0.195. The van der Waals surface area contributed by atoms with Gasteiger partial charge in [-0.3, -0.25) is 10.4 Å². The number of hydrazine groups is 1. The number of rotatable bonds is 7. The Bertz CT molecular complexity index is 216. The molecule has 1 aliphatic carbocycles. The molecule has 1 atom stereocenters. The highest BCUT2D eigenvalue weighted by Gasteiger charge is 2.27. The average molecular weight is 228 g/mol. The van der Waals surface area contributed by atoms with Gasteiger partial charge in [0.1, 0.15) is 0 Å². The molecule has 1 aliphatic rings. The number of methoxy groups -OCH3 is 1. The summed E-state index contributed by atoms with van der Waals surface area (Å²) in [5, 5.41) is 3.15. The molecule has 0 aromatic heterocycles. The number of aliphatic imine (C=N–C) groups is 1. The summed E-state index contributed by atoms with van der Waals surface area (Å²) in [5.74, 6) is 7.63. The van der Waals surface area contributed by atoms with E-state index >= 15 is 0 Å². The second-order valence-corrected chi connectivity index (χ2v) is 4.42. The van der Waals surface area contributed by atoms with Crippen molar-refractivity contribution in [2.45, 2.75) is 26.2 Å². The van der Waals surface area contributed by atoms with Gasteiger partial charge in [0.15, 0.2) is 0 Å². The standard InChI is InChI=1S/C11H24N4O/c1-9(10-4-5-10)8-14-11(15-12)13-6-3-7-16-2/h9-10H,3-8,12H2,1-2H3,(H2,13,14,15). The Morgan fingerprint density at radius 1 is 1.56 bits per heavy atom. The quantitative estimate of drug-likeness (QED) is 0.195. The zero-order valence-corrected chi connectivity index (χ0v) is 10.3. The SMILES string of the molecule is COCCCNC(=NCC(C)C1CC1)NN. The molecule has 1 unspecified atom stereocenters. The van der Waals surface area contributed by atoms with Gasteiger partial charge in [0.25, 0.3) is 0 Å². The molecule has 16 heavy (non-hydrogen) atoms. The van der Waals surface area contributed by atoms with Crippen LogP contribution in [0.2, 0.25) is 0 Å². The van der Waals surface area contributed by atoms with Gasteiger partial charge in [-0.15, -0.1) is 0 Å². The number of nitrogens with one attached hydrogen (secondary N) is 2. The predicted octanol–water partition coefficient (Wildman–Crippen LogP) is 0.478. The zero-order valence-electron chi connectivity index (χ0n) is 10.3. The lowest BCUT2D eigenvalue weighted by atomic mass is 10.1.